The zero-order valence-corrected chi connectivity index (χ0v) is 10.2. The molecule has 0 N–H and O–H groups in total. The van der Waals surface area contributed by atoms with Crippen LogP contribution in [0.5, 0.6) is 5.75 Å². The molecule has 0 spiro atoms. The Morgan fingerprint density at radius 2 is 1.81 bits per heavy atom. The van der Waals surface area contributed by atoms with Crippen molar-refractivity contribution in [3.63, 3.8) is 0 Å². The fraction of sp³-hybridized carbons (Fsp3) is 0.538. The number of ether oxygens (including phenoxy) is 3. The monoisotopic (exact) mass is 222 g/mol. The van der Waals surface area contributed by atoms with Crippen LogP contribution < -0.4 is 4.74 Å². The van der Waals surface area contributed by atoms with E-state index in [-0.39, 0.29) is 12.2 Å². The van der Waals surface area contributed by atoms with Crippen LogP contribution in [0.1, 0.15) is 26.3 Å². The highest BCUT2D eigenvalue weighted by Crippen LogP contribution is 2.37. The summed E-state index contributed by atoms with van der Waals surface area (Å²) in [6.07, 6.45) is 0.215. The predicted molar refractivity (Wildman–Crippen MR) is 61.4 cm³/mol. The number of rotatable bonds is 2. The van der Waals surface area contributed by atoms with Gasteiger partial charge in [0.15, 0.2) is 5.79 Å². The van der Waals surface area contributed by atoms with Gasteiger partial charge in [0.05, 0.1) is 19.3 Å². The molecule has 3 heteroatoms. The lowest BCUT2D eigenvalue weighted by Crippen LogP contribution is -2.23. The van der Waals surface area contributed by atoms with Crippen LogP contribution in [0.2, 0.25) is 0 Å². The van der Waals surface area contributed by atoms with E-state index in [9.17, 15) is 0 Å². The van der Waals surface area contributed by atoms with E-state index in [4.69, 9.17) is 14.2 Å². The van der Waals surface area contributed by atoms with Crippen LogP contribution in [0.15, 0.2) is 24.3 Å². The SMILES string of the molecule is COc1cccc(C2(C)OC(C)C(C)O2)c1. The van der Waals surface area contributed by atoms with E-state index in [2.05, 4.69) is 0 Å². The largest absolute Gasteiger partial charge is 0.497 e. The standard InChI is InChI=1S/C13H18O3/c1-9-10(2)16-13(3,15-9)11-6-5-7-12(8-11)14-4/h5-10H,1-4H3. The maximum Gasteiger partial charge on any atom is 0.192 e. The first kappa shape index (κ1) is 11.4. The summed E-state index contributed by atoms with van der Waals surface area (Å²) in [6.45, 7) is 5.99. The Kier molecular flexibility index (Phi) is 2.91. The molecule has 3 nitrogen and oxygen atoms in total. The topological polar surface area (TPSA) is 27.7 Å². The van der Waals surface area contributed by atoms with Gasteiger partial charge in [-0.1, -0.05) is 12.1 Å². The average Bonchev–Trinajstić information content (AvgIpc) is 2.54. The summed E-state index contributed by atoms with van der Waals surface area (Å²) in [7, 11) is 1.66. The van der Waals surface area contributed by atoms with Gasteiger partial charge in [0.25, 0.3) is 0 Å². The van der Waals surface area contributed by atoms with Crippen molar-refractivity contribution in [1.29, 1.82) is 0 Å². The quantitative estimate of drug-likeness (QED) is 0.770. The van der Waals surface area contributed by atoms with Crippen molar-refractivity contribution in [2.45, 2.75) is 38.8 Å². The highest BCUT2D eigenvalue weighted by atomic mass is 16.8. The van der Waals surface area contributed by atoms with Crippen LogP contribution in [0.3, 0.4) is 0 Å². The lowest BCUT2D eigenvalue weighted by Gasteiger charge is -2.24. The van der Waals surface area contributed by atoms with Crippen LogP contribution in [0.25, 0.3) is 0 Å². The molecule has 0 aromatic heterocycles. The first-order valence-corrected chi connectivity index (χ1v) is 5.55. The van der Waals surface area contributed by atoms with Gasteiger partial charge in [0.2, 0.25) is 0 Å². The third kappa shape index (κ3) is 1.93. The third-order valence-corrected chi connectivity index (χ3v) is 3.08. The van der Waals surface area contributed by atoms with Gasteiger partial charge in [-0.3, -0.25) is 0 Å². The second-order valence-corrected chi connectivity index (χ2v) is 4.32. The Morgan fingerprint density at radius 1 is 1.19 bits per heavy atom. The number of hydrogen-bond donors (Lipinski definition) is 0. The minimum Gasteiger partial charge on any atom is -0.497 e. The molecule has 88 valence electrons. The van der Waals surface area contributed by atoms with Crippen LogP contribution in [0, 0.1) is 0 Å². The van der Waals surface area contributed by atoms with E-state index < -0.39 is 5.79 Å². The zero-order chi connectivity index (χ0) is 11.8. The van der Waals surface area contributed by atoms with Gasteiger partial charge in [-0.25, -0.2) is 0 Å². The van der Waals surface area contributed by atoms with E-state index in [1.165, 1.54) is 0 Å². The molecule has 1 heterocycles. The highest BCUT2D eigenvalue weighted by molar-refractivity contribution is 5.31. The fourth-order valence-electron chi connectivity index (χ4n) is 1.97. The Hall–Kier alpha value is -1.06. The van der Waals surface area contributed by atoms with E-state index >= 15 is 0 Å². The first-order valence-electron chi connectivity index (χ1n) is 5.55. The van der Waals surface area contributed by atoms with Crippen molar-refractivity contribution >= 4 is 0 Å². The molecular formula is C13H18O3. The van der Waals surface area contributed by atoms with Gasteiger partial charge in [0.1, 0.15) is 5.75 Å². The summed E-state index contributed by atoms with van der Waals surface area (Å²) < 4.78 is 16.9. The average molecular weight is 222 g/mol. The second-order valence-electron chi connectivity index (χ2n) is 4.32. The van der Waals surface area contributed by atoms with Crippen molar-refractivity contribution < 1.29 is 14.2 Å². The zero-order valence-electron chi connectivity index (χ0n) is 10.2. The van der Waals surface area contributed by atoms with Crippen LogP contribution in [-0.4, -0.2) is 19.3 Å². The van der Waals surface area contributed by atoms with Crippen LogP contribution >= 0.6 is 0 Å². The Balaban J connectivity index is 2.29. The first-order chi connectivity index (χ1) is 7.55. The van der Waals surface area contributed by atoms with Gasteiger partial charge >= 0.3 is 0 Å². The molecule has 0 radical (unpaired) electrons. The minimum atomic E-state index is -0.659. The molecule has 0 amide bonds. The number of hydrogen-bond acceptors (Lipinski definition) is 3. The highest BCUT2D eigenvalue weighted by Gasteiger charge is 2.41. The van der Waals surface area contributed by atoms with Gasteiger partial charge in [0, 0.05) is 5.56 Å². The summed E-state index contributed by atoms with van der Waals surface area (Å²) in [5, 5.41) is 0. The fourth-order valence-corrected chi connectivity index (χ4v) is 1.97. The molecule has 1 fully saturated rings. The molecular weight excluding hydrogens is 204 g/mol. The summed E-state index contributed by atoms with van der Waals surface area (Å²) in [5.41, 5.74) is 0.989. The minimum absolute atomic E-state index is 0.108. The summed E-state index contributed by atoms with van der Waals surface area (Å²) in [6, 6.07) is 7.80. The van der Waals surface area contributed by atoms with Crippen molar-refractivity contribution in [2.75, 3.05) is 7.11 Å². The van der Waals surface area contributed by atoms with E-state index in [0.717, 1.165) is 11.3 Å². The summed E-state index contributed by atoms with van der Waals surface area (Å²) in [4.78, 5) is 0. The molecule has 1 saturated heterocycles. The number of methoxy groups -OCH3 is 1. The lowest BCUT2D eigenvalue weighted by atomic mass is 10.1. The van der Waals surface area contributed by atoms with Gasteiger partial charge in [-0.05, 0) is 32.9 Å². The smallest absolute Gasteiger partial charge is 0.192 e. The molecule has 2 unspecified atom stereocenters. The number of benzene rings is 1. The second kappa shape index (κ2) is 4.07. The van der Waals surface area contributed by atoms with Crippen molar-refractivity contribution in [3.8, 4) is 5.75 Å². The van der Waals surface area contributed by atoms with E-state index in [0.29, 0.717) is 0 Å². The summed E-state index contributed by atoms with van der Waals surface area (Å²) >= 11 is 0. The normalized spacial score (nSPS) is 34.0. The Labute approximate surface area is 96.3 Å². The van der Waals surface area contributed by atoms with Crippen molar-refractivity contribution in [3.05, 3.63) is 29.8 Å². The molecule has 1 aromatic carbocycles. The molecule has 1 aliphatic rings. The molecule has 16 heavy (non-hydrogen) atoms. The van der Waals surface area contributed by atoms with Crippen LogP contribution in [-0.2, 0) is 15.3 Å². The maximum atomic E-state index is 5.87. The van der Waals surface area contributed by atoms with Gasteiger partial charge in [-0.2, -0.15) is 0 Å². The Morgan fingerprint density at radius 3 is 2.38 bits per heavy atom. The van der Waals surface area contributed by atoms with Gasteiger partial charge < -0.3 is 14.2 Å². The van der Waals surface area contributed by atoms with E-state index in [1.54, 1.807) is 7.11 Å². The Bertz CT molecular complexity index is 365. The van der Waals surface area contributed by atoms with Gasteiger partial charge in [-0.15, -0.1) is 0 Å². The molecule has 2 rings (SSSR count). The van der Waals surface area contributed by atoms with E-state index in [1.807, 2.05) is 45.0 Å². The molecule has 0 aliphatic carbocycles. The predicted octanol–water partition coefficient (Wildman–Crippen LogP) is 2.69. The molecule has 0 saturated carbocycles. The maximum absolute atomic E-state index is 5.87. The molecule has 1 aliphatic heterocycles. The third-order valence-electron chi connectivity index (χ3n) is 3.08. The molecule has 0 bridgehead atoms. The van der Waals surface area contributed by atoms with Crippen molar-refractivity contribution in [2.24, 2.45) is 0 Å². The summed E-state index contributed by atoms with van der Waals surface area (Å²) in [5.74, 6) is 0.158. The molecule has 2 atom stereocenters. The van der Waals surface area contributed by atoms with Crippen LogP contribution in [0.4, 0.5) is 0 Å². The van der Waals surface area contributed by atoms with Crippen molar-refractivity contribution in [1.82, 2.24) is 0 Å². The lowest BCUT2D eigenvalue weighted by molar-refractivity contribution is -0.167. The molecule has 1 aromatic rings.